The Hall–Kier alpha value is -2.47. The van der Waals surface area contributed by atoms with Crippen molar-refractivity contribution in [3.63, 3.8) is 0 Å². The second kappa shape index (κ2) is 7.51. The van der Waals surface area contributed by atoms with E-state index in [2.05, 4.69) is 26.0 Å². The molecule has 0 saturated heterocycles. The van der Waals surface area contributed by atoms with Gasteiger partial charge in [0.15, 0.2) is 0 Å². The van der Waals surface area contributed by atoms with Gasteiger partial charge in [-0.1, -0.05) is 39.0 Å². The van der Waals surface area contributed by atoms with Crippen LogP contribution in [-0.4, -0.2) is 15.5 Å². The Morgan fingerprint density at radius 3 is 2.43 bits per heavy atom. The van der Waals surface area contributed by atoms with Crippen molar-refractivity contribution < 1.29 is 4.79 Å². The fourth-order valence-electron chi connectivity index (χ4n) is 3.65. The predicted molar refractivity (Wildman–Crippen MR) is 116 cm³/mol. The minimum absolute atomic E-state index is 0.00187. The van der Waals surface area contributed by atoms with Crippen LogP contribution in [0.5, 0.6) is 0 Å². The molecule has 3 rings (SSSR count). The van der Waals surface area contributed by atoms with E-state index >= 15 is 0 Å². The largest absolute Gasteiger partial charge is 0.368 e. The van der Waals surface area contributed by atoms with Gasteiger partial charge in [0, 0.05) is 16.4 Å². The van der Waals surface area contributed by atoms with Gasteiger partial charge in [-0.15, -0.1) is 11.3 Å². The van der Waals surface area contributed by atoms with Gasteiger partial charge in [0.05, 0.1) is 5.39 Å². The number of nitrogens with two attached hydrogens (primary N) is 1. The van der Waals surface area contributed by atoms with E-state index in [1.807, 2.05) is 33.8 Å². The monoisotopic (exact) mass is 397 g/mol. The summed E-state index contributed by atoms with van der Waals surface area (Å²) >= 11 is 1.53. The molecule has 1 amide bonds. The molecule has 0 saturated carbocycles. The topological polar surface area (TPSA) is 78.0 Å². The molecule has 0 spiro atoms. The van der Waals surface area contributed by atoms with Crippen LogP contribution in [-0.2, 0) is 4.79 Å². The normalized spacial score (nSPS) is 12.7. The number of thiophene rings is 1. The van der Waals surface area contributed by atoms with Crippen LogP contribution in [0.25, 0.3) is 21.3 Å². The van der Waals surface area contributed by atoms with Gasteiger partial charge in [0.1, 0.15) is 16.7 Å². The molecule has 1 unspecified atom stereocenters. The maximum atomic E-state index is 13.6. The second-order valence-corrected chi connectivity index (χ2v) is 8.84. The molecule has 1 atom stereocenters. The number of hydrogen-bond donors (Lipinski definition) is 1. The SMILES string of the molecule is CCC(C(N)=O)n1c(C(C)C)nc2sc(C)c(-c3ccc(C)c(C)c3)c2c1=O. The van der Waals surface area contributed by atoms with Crippen molar-refractivity contribution in [1.82, 2.24) is 9.55 Å². The Kier molecular flexibility index (Phi) is 5.44. The smallest absolute Gasteiger partial charge is 0.263 e. The van der Waals surface area contributed by atoms with E-state index in [1.54, 1.807) is 0 Å². The minimum atomic E-state index is -0.699. The summed E-state index contributed by atoms with van der Waals surface area (Å²) in [6, 6.07) is 5.52. The molecule has 28 heavy (non-hydrogen) atoms. The highest BCUT2D eigenvalue weighted by molar-refractivity contribution is 7.19. The van der Waals surface area contributed by atoms with Crippen molar-refractivity contribution in [2.75, 3.05) is 0 Å². The molecular formula is C22H27N3O2S. The van der Waals surface area contributed by atoms with Gasteiger partial charge in [0.25, 0.3) is 5.56 Å². The molecule has 1 aromatic carbocycles. The number of amides is 1. The van der Waals surface area contributed by atoms with Crippen LogP contribution in [0.3, 0.4) is 0 Å². The average Bonchev–Trinajstić information content (AvgIpc) is 2.95. The fourth-order valence-corrected chi connectivity index (χ4v) is 4.70. The summed E-state index contributed by atoms with van der Waals surface area (Å²) in [6.45, 7) is 12.0. The number of aromatic nitrogens is 2. The standard InChI is InChI=1S/C22H27N3O2S/c1-7-16(19(23)26)25-20(11(2)3)24-21-18(22(25)27)17(14(6)28-21)15-9-8-12(4)13(5)10-15/h8-11,16H,7H2,1-6H3,(H2,23,26). The highest BCUT2D eigenvalue weighted by Crippen LogP contribution is 2.37. The third-order valence-corrected chi connectivity index (χ3v) is 6.30. The number of primary amides is 1. The minimum Gasteiger partial charge on any atom is -0.368 e. The maximum Gasteiger partial charge on any atom is 0.263 e. The van der Waals surface area contributed by atoms with Crippen LogP contribution in [0.1, 0.15) is 61.0 Å². The number of nitrogens with zero attached hydrogens (tertiary/aromatic N) is 2. The molecule has 148 valence electrons. The van der Waals surface area contributed by atoms with E-state index in [0.717, 1.165) is 20.8 Å². The lowest BCUT2D eigenvalue weighted by Gasteiger charge is -2.21. The Labute approximate surface area is 169 Å². The first-order chi connectivity index (χ1) is 13.2. The van der Waals surface area contributed by atoms with Crippen molar-refractivity contribution in [1.29, 1.82) is 0 Å². The number of carbonyl (C=O) groups excluding carboxylic acids is 1. The average molecular weight is 398 g/mol. The first-order valence-corrected chi connectivity index (χ1v) is 10.4. The highest BCUT2D eigenvalue weighted by Gasteiger charge is 2.26. The molecule has 2 aromatic heterocycles. The summed E-state index contributed by atoms with van der Waals surface area (Å²) in [5.74, 6) is 0.0985. The number of rotatable bonds is 5. The molecule has 0 fully saturated rings. The van der Waals surface area contributed by atoms with Gasteiger partial charge in [-0.3, -0.25) is 14.2 Å². The molecule has 6 heteroatoms. The lowest BCUT2D eigenvalue weighted by Crippen LogP contribution is -2.36. The zero-order valence-electron chi connectivity index (χ0n) is 17.3. The molecule has 0 aliphatic heterocycles. The van der Waals surface area contributed by atoms with E-state index in [0.29, 0.717) is 17.6 Å². The number of benzene rings is 1. The Bertz CT molecular complexity index is 1120. The molecule has 2 N–H and O–H groups in total. The fraction of sp³-hybridized carbons (Fsp3) is 0.409. The summed E-state index contributed by atoms with van der Waals surface area (Å²) in [7, 11) is 0. The molecule has 5 nitrogen and oxygen atoms in total. The van der Waals surface area contributed by atoms with Crippen molar-refractivity contribution in [3.05, 3.63) is 50.4 Å². The van der Waals surface area contributed by atoms with Gasteiger partial charge < -0.3 is 5.73 Å². The summed E-state index contributed by atoms with van der Waals surface area (Å²) in [5.41, 5.74) is 9.73. The van der Waals surface area contributed by atoms with Crippen molar-refractivity contribution >= 4 is 27.5 Å². The maximum absolute atomic E-state index is 13.6. The van der Waals surface area contributed by atoms with E-state index in [1.165, 1.54) is 27.0 Å². The lowest BCUT2D eigenvalue weighted by atomic mass is 9.99. The number of aryl methyl sites for hydroxylation is 3. The molecule has 2 heterocycles. The van der Waals surface area contributed by atoms with Crippen LogP contribution >= 0.6 is 11.3 Å². The summed E-state index contributed by atoms with van der Waals surface area (Å²) in [4.78, 5) is 32.3. The van der Waals surface area contributed by atoms with Crippen molar-refractivity contribution in [2.24, 2.45) is 5.73 Å². The quantitative estimate of drug-likeness (QED) is 0.683. The van der Waals surface area contributed by atoms with Crippen molar-refractivity contribution in [2.45, 2.75) is 59.9 Å². The highest BCUT2D eigenvalue weighted by atomic mass is 32.1. The van der Waals surface area contributed by atoms with E-state index in [-0.39, 0.29) is 11.5 Å². The van der Waals surface area contributed by atoms with E-state index in [4.69, 9.17) is 10.7 Å². The van der Waals surface area contributed by atoms with E-state index < -0.39 is 11.9 Å². The summed E-state index contributed by atoms with van der Waals surface area (Å²) in [6.07, 6.45) is 0.449. The first kappa shape index (κ1) is 20.3. The van der Waals surface area contributed by atoms with Crippen LogP contribution in [0.15, 0.2) is 23.0 Å². The van der Waals surface area contributed by atoms with E-state index in [9.17, 15) is 9.59 Å². The number of carbonyl (C=O) groups is 1. The molecule has 0 bridgehead atoms. The van der Waals surface area contributed by atoms with Crippen LogP contribution in [0.4, 0.5) is 0 Å². The summed E-state index contributed by atoms with van der Waals surface area (Å²) < 4.78 is 1.52. The Morgan fingerprint density at radius 2 is 1.89 bits per heavy atom. The van der Waals surface area contributed by atoms with Crippen LogP contribution in [0.2, 0.25) is 0 Å². The van der Waals surface area contributed by atoms with Gasteiger partial charge in [-0.25, -0.2) is 4.98 Å². The van der Waals surface area contributed by atoms with Gasteiger partial charge in [-0.05, 0) is 43.9 Å². The third-order valence-electron chi connectivity index (χ3n) is 5.30. The molecule has 0 radical (unpaired) electrons. The number of fused-ring (bicyclic) bond motifs is 1. The molecule has 0 aliphatic carbocycles. The Morgan fingerprint density at radius 1 is 1.21 bits per heavy atom. The predicted octanol–water partition coefficient (Wildman–Crippen LogP) is 4.61. The lowest BCUT2D eigenvalue weighted by molar-refractivity contribution is -0.121. The zero-order chi connectivity index (χ0) is 20.7. The third kappa shape index (κ3) is 3.26. The first-order valence-electron chi connectivity index (χ1n) is 9.59. The Balaban J connectivity index is 2.43. The molecule has 3 aromatic rings. The van der Waals surface area contributed by atoms with Gasteiger partial charge >= 0.3 is 0 Å². The molecular weight excluding hydrogens is 370 g/mol. The van der Waals surface area contributed by atoms with Crippen molar-refractivity contribution in [3.8, 4) is 11.1 Å². The second-order valence-electron chi connectivity index (χ2n) is 7.64. The number of hydrogen-bond acceptors (Lipinski definition) is 4. The summed E-state index contributed by atoms with van der Waals surface area (Å²) in [5, 5.41) is 0.579. The zero-order valence-corrected chi connectivity index (χ0v) is 18.1. The van der Waals surface area contributed by atoms with Crippen LogP contribution in [0, 0.1) is 20.8 Å². The van der Waals surface area contributed by atoms with Crippen LogP contribution < -0.4 is 11.3 Å². The molecule has 0 aliphatic rings. The van der Waals surface area contributed by atoms with Gasteiger partial charge in [-0.2, -0.15) is 0 Å². The van der Waals surface area contributed by atoms with Gasteiger partial charge in [0.2, 0.25) is 5.91 Å².